The zero-order valence-electron chi connectivity index (χ0n) is 14.7. The van der Waals surface area contributed by atoms with Crippen molar-refractivity contribution in [2.24, 2.45) is 7.05 Å². The molecule has 4 rings (SSSR count). The van der Waals surface area contributed by atoms with Crippen molar-refractivity contribution in [1.29, 1.82) is 0 Å². The molecule has 8 nitrogen and oxygen atoms in total. The van der Waals surface area contributed by atoms with Crippen LogP contribution in [0.5, 0.6) is 0 Å². The summed E-state index contributed by atoms with van der Waals surface area (Å²) in [5.74, 6) is 4.18. The van der Waals surface area contributed by atoms with Crippen LogP contribution in [0.2, 0.25) is 0 Å². The van der Waals surface area contributed by atoms with Gasteiger partial charge in [0.05, 0.1) is 11.9 Å². The molecule has 1 fully saturated rings. The predicted octanol–water partition coefficient (Wildman–Crippen LogP) is 1.75. The monoisotopic (exact) mass is 372 g/mol. The number of nitrogens with zero attached hydrogens (tertiary/aromatic N) is 5. The zero-order chi connectivity index (χ0) is 18.1. The number of aromatic nitrogens is 4. The van der Waals surface area contributed by atoms with Crippen LogP contribution in [0.3, 0.4) is 0 Å². The van der Waals surface area contributed by atoms with E-state index in [1.165, 1.54) is 0 Å². The number of thioether (sulfide) groups is 1. The zero-order valence-corrected chi connectivity index (χ0v) is 15.5. The van der Waals surface area contributed by atoms with Gasteiger partial charge < -0.3 is 14.6 Å². The normalized spacial score (nSPS) is 14.8. The quantitative estimate of drug-likeness (QED) is 0.746. The number of aryl methyl sites for hydroxylation is 2. The second-order valence-electron chi connectivity index (χ2n) is 6.21. The van der Waals surface area contributed by atoms with Crippen molar-refractivity contribution in [2.75, 3.05) is 29.5 Å². The molecule has 3 aromatic heterocycles. The van der Waals surface area contributed by atoms with Crippen LogP contribution in [0.25, 0.3) is 11.0 Å². The van der Waals surface area contributed by atoms with Crippen LogP contribution in [0.1, 0.15) is 22.1 Å². The summed E-state index contributed by atoms with van der Waals surface area (Å²) in [5, 5.41) is 8.06. The molecule has 0 aromatic carbocycles. The summed E-state index contributed by atoms with van der Waals surface area (Å²) in [6.07, 6.45) is 1.90. The molecule has 1 aliphatic heterocycles. The minimum atomic E-state index is -0.334. The van der Waals surface area contributed by atoms with Crippen molar-refractivity contribution in [3.05, 3.63) is 35.7 Å². The number of hydrogen-bond donors (Lipinski definition) is 1. The fourth-order valence-corrected chi connectivity index (χ4v) is 3.85. The predicted molar refractivity (Wildman–Crippen MR) is 100 cm³/mol. The van der Waals surface area contributed by atoms with Crippen molar-refractivity contribution in [3.63, 3.8) is 0 Å². The number of rotatable bonds is 4. The molecule has 0 saturated carbocycles. The average Bonchev–Trinajstić information content (AvgIpc) is 3.23. The first-order valence-electron chi connectivity index (χ1n) is 8.48. The first-order chi connectivity index (χ1) is 12.6. The number of furan rings is 1. The SMILES string of the molecule is Cc1ccc(CNC(=O)c2nc(N3CCSCC3)c3cn(C)nc3n2)o1. The van der Waals surface area contributed by atoms with E-state index in [4.69, 9.17) is 4.42 Å². The first kappa shape index (κ1) is 16.9. The molecule has 1 saturated heterocycles. The van der Waals surface area contributed by atoms with Gasteiger partial charge in [-0.15, -0.1) is 0 Å². The number of amides is 1. The van der Waals surface area contributed by atoms with Crippen molar-refractivity contribution in [3.8, 4) is 0 Å². The number of carbonyl (C=O) groups is 1. The minimum absolute atomic E-state index is 0.132. The van der Waals surface area contributed by atoms with Gasteiger partial charge in [0.2, 0.25) is 5.82 Å². The third-order valence-electron chi connectivity index (χ3n) is 4.21. The lowest BCUT2D eigenvalue weighted by Crippen LogP contribution is -2.34. The van der Waals surface area contributed by atoms with Crippen LogP contribution < -0.4 is 10.2 Å². The van der Waals surface area contributed by atoms with Gasteiger partial charge in [0.15, 0.2) is 5.65 Å². The molecule has 0 unspecified atom stereocenters. The molecule has 0 radical (unpaired) electrons. The highest BCUT2D eigenvalue weighted by atomic mass is 32.2. The van der Waals surface area contributed by atoms with Gasteiger partial charge in [-0.1, -0.05) is 0 Å². The van der Waals surface area contributed by atoms with E-state index in [2.05, 4.69) is 25.3 Å². The van der Waals surface area contributed by atoms with E-state index in [1.807, 2.05) is 44.1 Å². The Morgan fingerprint density at radius 2 is 2.12 bits per heavy atom. The van der Waals surface area contributed by atoms with Gasteiger partial charge >= 0.3 is 0 Å². The van der Waals surface area contributed by atoms with E-state index < -0.39 is 0 Å². The van der Waals surface area contributed by atoms with Gasteiger partial charge in [0, 0.05) is 37.8 Å². The lowest BCUT2D eigenvalue weighted by molar-refractivity contribution is 0.0938. The Labute approximate surface area is 155 Å². The summed E-state index contributed by atoms with van der Waals surface area (Å²) in [6.45, 7) is 3.97. The number of carbonyl (C=O) groups excluding carboxylic acids is 1. The maximum absolute atomic E-state index is 12.6. The van der Waals surface area contributed by atoms with Gasteiger partial charge in [-0.2, -0.15) is 16.9 Å². The second kappa shape index (κ2) is 6.99. The van der Waals surface area contributed by atoms with Crippen LogP contribution in [-0.2, 0) is 13.6 Å². The Morgan fingerprint density at radius 3 is 2.85 bits per heavy atom. The van der Waals surface area contributed by atoms with Gasteiger partial charge in [0.1, 0.15) is 17.3 Å². The molecule has 3 aromatic rings. The molecule has 0 bridgehead atoms. The highest BCUT2D eigenvalue weighted by molar-refractivity contribution is 7.99. The molecular formula is C17H20N6O2S. The van der Waals surface area contributed by atoms with Crippen LogP contribution in [0, 0.1) is 6.92 Å². The summed E-state index contributed by atoms with van der Waals surface area (Å²) in [6, 6.07) is 3.71. The second-order valence-corrected chi connectivity index (χ2v) is 7.43. The fourth-order valence-electron chi connectivity index (χ4n) is 2.95. The molecule has 9 heteroatoms. The topological polar surface area (TPSA) is 89.1 Å². The molecule has 136 valence electrons. The minimum Gasteiger partial charge on any atom is -0.465 e. The largest absolute Gasteiger partial charge is 0.465 e. The molecule has 1 amide bonds. The molecule has 1 N–H and O–H groups in total. The maximum atomic E-state index is 12.6. The van der Waals surface area contributed by atoms with Gasteiger partial charge in [0.25, 0.3) is 5.91 Å². The lowest BCUT2D eigenvalue weighted by Gasteiger charge is -2.27. The van der Waals surface area contributed by atoms with E-state index in [1.54, 1.807) is 4.68 Å². The third-order valence-corrected chi connectivity index (χ3v) is 5.15. The molecule has 1 aliphatic rings. The Kier molecular flexibility index (Phi) is 4.54. The first-order valence-corrected chi connectivity index (χ1v) is 9.63. The number of hydrogen-bond acceptors (Lipinski definition) is 7. The van der Waals surface area contributed by atoms with E-state index in [0.29, 0.717) is 18.0 Å². The van der Waals surface area contributed by atoms with Crippen LogP contribution in [0.4, 0.5) is 5.82 Å². The number of nitrogens with one attached hydrogen (secondary N) is 1. The average molecular weight is 372 g/mol. The maximum Gasteiger partial charge on any atom is 0.289 e. The standard InChI is InChI=1S/C17H20N6O2S/c1-11-3-4-12(25-11)9-18-17(24)15-19-14-13(10-22(2)21-14)16(20-15)23-5-7-26-8-6-23/h3-4,10H,5-9H2,1-2H3,(H,18,24). The van der Waals surface area contributed by atoms with Crippen molar-refractivity contribution >= 4 is 34.5 Å². The Bertz CT molecular complexity index is 944. The molecule has 0 aliphatic carbocycles. The van der Waals surface area contributed by atoms with Crippen molar-refractivity contribution in [2.45, 2.75) is 13.5 Å². The summed E-state index contributed by atoms with van der Waals surface area (Å²) in [7, 11) is 1.84. The molecule has 26 heavy (non-hydrogen) atoms. The number of fused-ring (bicyclic) bond motifs is 1. The summed E-state index contributed by atoms with van der Waals surface area (Å²) in [4.78, 5) is 23.7. The van der Waals surface area contributed by atoms with E-state index in [-0.39, 0.29) is 11.7 Å². The lowest BCUT2D eigenvalue weighted by atomic mass is 10.3. The smallest absolute Gasteiger partial charge is 0.289 e. The summed E-state index contributed by atoms with van der Waals surface area (Å²) < 4.78 is 7.18. The van der Waals surface area contributed by atoms with Gasteiger partial charge in [-0.25, -0.2) is 9.97 Å². The highest BCUT2D eigenvalue weighted by Crippen LogP contribution is 2.25. The molecule has 0 spiro atoms. The van der Waals surface area contributed by atoms with E-state index >= 15 is 0 Å². The van der Waals surface area contributed by atoms with Crippen molar-refractivity contribution in [1.82, 2.24) is 25.1 Å². The van der Waals surface area contributed by atoms with E-state index in [9.17, 15) is 4.79 Å². The highest BCUT2D eigenvalue weighted by Gasteiger charge is 2.21. The number of anilines is 1. The molecule has 0 atom stereocenters. The van der Waals surface area contributed by atoms with Crippen LogP contribution >= 0.6 is 11.8 Å². The Hall–Kier alpha value is -2.55. The molecule has 4 heterocycles. The van der Waals surface area contributed by atoms with Crippen LogP contribution in [-0.4, -0.2) is 50.3 Å². The van der Waals surface area contributed by atoms with E-state index in [0.717, 1.165) is 41.6 Å². The third kappa shape index (κ3) is 3.39. The fraction of sp³-hybridized carbons (Fsp3) is 0.412. The Balaban J connectivity index is 1.62. The molecular weight excluding hydrogens is 352 g/mol. The Morgan fingerprint density at radius 1 is 1.31 bits per heavy atom. The van der Waals surface area contributed by atoms with Crippen LogP contribution in [0.15, 0.2) is 22.7 Å². The summed E-state index contributed by atoms with van der Waals surface area (Å²) in [5.41, 5.74) is 0.537. The summed E-state index contributed by atoms with van der Waals surface area (Å²) >= 11 is 1.93. The van der Waals surface area contributed by atoms with Gasteiger partial charge in [-0.05, 0) is 19.1 Å². The van der Waals surface area contributed by atoms with Gasteiger partial charge in [-0.3, -0.25) is 9.48 Å². The van der Waals surface area contributed by atoms with Crippen molar-refractivity contribution < 1.29 is 9.21 Å².